The number of epoxide rings is 1. The van der Waals surface area contributed by atoms with Crippen LogP contribution >= 0.6 is 0 Å². The van der Waals surface area contributed by atoms with E-state index in [0.717, 1.165) is 38.3 Å². The van der Waals surface area contributed by atoms with Crippen molar-refractivity contribution in [2.24, 2.45) is 23.2 Å². The van der Waals surface area contributed by atoms with Crippen LogP contribution in [0, 0.1) is 23.2 Å². The Kier molecular flexibility index (Phi) is 5.01. The Morgan fingerprint density at radius 1 is 1.24 bits per heavy atom. The molecule has 0 aromatic heterocycles. The third kappa shape index (κ3) is 3.16. The lowest BCUT2D eigenvalue weighted by Crippen LogP contribution is -2.56. The first-order valence-electron chi connectivity index (χ1n) is 12.9. The molecule has 2 aliphatic carbocycles. The Balaban J connectivity index is 1.15. The molecule has 0 N–H and O–H groups in total. The molecule has 5 aliphatic rings. The van der Waals surface area contributed by atoms with E-state index < -0.39 is 0 Å². The zero-order valence-corrected chi connectivity index (χ0v) is 20.5. The lowest BCUT2D eigenvalue weighted by Gasteiger charge is -2.49. The van der Waals surface area contributed by atoms with Crippen LogP contribution in [-0.2, 0) is 14.3 Å². The van der Waals surface area contributed by atoms with E-state index in [9.17, 15) is 4.79 Å². The largest absolute Gasteiger partial charge is 0.497 e. The first kappa shape index (κ1) is 21.7. The van der Waals surface area contributed by atoms with Gasteiger partial charge in [0.25, 0.3) is 0 Å². The third-order valence-corrected chi connectivity index (χ3v) is 9.75. The average molecular weight is 455 g/mol. The van der Waals surface area contributed by atoms with E-state index >= 15 is 0 Å². The Morgan fingerprint density at radius 3 is 2.88 bits per heavy atom. The molecule has 0 bridgehead atoms. The summed E-state index contributed by atoms with van der Waals surface area (Å²) in [7, 11) is 1.71. The van der Waals surface area contributed by atoms with Crippen LogP contribution in [0.15, 0.2) is 24.3 Å². The fourth-order valence-corrected chi connectivity index (χ4v) is 8.09. The minimum absolute atomic E-state index is 0.00780. The summed E-state index contributed by atoms with van der Waals surface area (Å²) < 4.78 is 18.1. The van der Waals surface area contributed by atoms with Gasteiger partial charge in [0.15, 0.2) is 0 Å². The van der Waals surface area contributed by atoms with Gasteiger partial charge in [-0.05, 0) is 44.2 Å². The van der Waals surface area contributed by atoms with Gasteiger partial charge >= 0.3 is 5.97 Å². The number of hydrogen-bond donors (Lipinski definition) is 0. The maximum Gasteiger partial charge on any atom is 0.311 e. The van der Waals surface area contributed by atoms with Gasteiger partial charge in [-0.25, -0.2) is 0 Å². The van der Waals surface area contributed by atoms with Crippen molar-refractivity contribution in [2.75, 3.05) is 38.2 Å². The van der Waals surface area contributed by atoms with Gasteiger partial charge in [0.05, 0.1) is 19.1 Å². The molecule has 0 amide bonds. The van der Waals surface area contributed by atoms with Gasteiger partial charge in [0.2, 0.25) is 0 Å². The summed E-state index contributed by atoms with van der Waals surface area (Å²) in [6, 6.07) is 8.68. The molecule has 180 valence electrons. The van der Waals surface area contributed by atoms with Crippen LogP contribution in [0.5, 0.6) is 5.75 Å². The van der Waals surface area contributed by atoms with E-state index in [1.54, 1.807) is 7.11 Å². The second kappa shape index (κ2) is 7.61. The number of rotatable bonds is 4. The number of fused-ring (bicyclic) bond motifs is 2. The predicted molar refractivity (Wildman–Crippen MR) is 126 cm³/mol. The number of benzene rings is 1. The zero-order valence-electron chi connectivity index (χ0n) is 20.5. The van der Waals surface area contributed by atoms with Gasteiger partial charge in [-0.3, -0.25) is 9.69 Å². The highest BCUT2D eigenvalue weighted by atomic mass is 16.6. The minimum atomic E-state index is -0.0615. The number of carbonyl (C=O) groups is 1. The second-order valence-electron chi connectivity index (χ2n) is 11.6. The van der Waals surface area contributed by atoms with E-state index in [2.05, 4.69) is 48.8 Å². The van der Waals surface area contributed by atoms with Crippen LogP contribution < -0.4 is 9.64 Å². The summed E-state index contributed by atoms with van der Waals surface area (Å²) >= 11 is 0. The maximum absolute atomic E-state index is 13.1. The summed E-state index contributed by atoms with van der Waals surface area (Å²) in [5, 5.41) is 0. The van der Waals surface area contributed by atoms with Crippen molar-refractivity contribution in [1.29, 1.82) is 0 Å². The molecule has 33 heavy (non-hydrogen) atoms. The van der Waals surface area contributed by atoms with Crippen LogP contribution in [-0.4, -0.2) is 68.0 Å². The fraction of sp³-hybridized carbons (Fsp3) is 0.741. The second-order valence-corrected chi connectivity index (χ2v) is 11.6. The number of nitrogens with zero attached hydrogens (tertiary/aromatic N) is 2. The van der Waals surface area contributed by atoms with Crippen LogP contribution in [0.3, 0.4) is 0 Å². The molecule has 6 rings (SSSR count). The number of piperazine rings is 1. The molecule has 8 atom stereocenters. The highest BCUT2D eigenvalue weighted by molar-refractivity contribution is 5.76. The van der Waals surface area contributed by atoms with Crippen LogP contribution in [0.25, 0.3) is 0 Å². The number of esters is 1. The van der Waals surface area contributed by atoms with Gasteiger partial charge in [-0.2, -0.15) is 0 Å². The molecule has 1 spiro atoms. The quantitative estimate of drug-likeness (QED) is 0.510. The van der Waals surface area contributed by atoms with Crippen molar-refractivity contribution < 1.29 is 19.0 Å². The van der Waals surface area contributed by atoms with Gasteiger partial charge < -0.3 is 19.1 Å². The standard InChI is InChI=1S/C27H38N2O4/c1-17-7-6-10-26(3)14-22-23(24-27(17,26)33-24)21(25(30)32-22)16-28-11-12-29(18(2)15-28)19-8-5-9-20(13-19)31-4/h5,8-9,13,17-18,21-24H,6-7,10-12,14-16H2,1-4H3/t17-,18+,21+,22+,23+,24-,26+,27-/m0/s1. The van der Waals surface area contributed by atoms with Crippen molar-refractivity contribution in [3.05, 3.63) is 24.3 Å². The lowest BCUT2D eigenvalue weighted by molar-refractivity contribution is -0.146. The van der Waals surface area contributed by atoms with E-state index in [1.807, 2.05) is 6.07 Å². The van der Waals surface area contributed by atoms with Crippen molar-refractivity contribution in [3.8, 4) is 5.75 Å². The summed E-state index contributed by atoms with van der Waals surface area (Å²) in [6.07, 6.45) is 4.91. The van der Waals surface area contributed by atoms with Crippen molar-refractivity contribution in [1.82, 2.24) is 4.90 Å². The highest BCUT2D eigenvalue weighted by Crippen LogP contribution is 2.70. The first-order chi connectivity index (χ1) is 15.9. The van der Waals surface area contributed by atoms with Crippen molar-refractivity contribution in [3.63, 3.8) is 0 Å². The number of hydrogen-bond acceptors (Lipinski definition) is 6. The molecule has 0 unspecified atom stereocenters. The van der Waals surface area contributed by atoms with Crippen molar-refractivity contribution in [2.45, 2.75) is 70.3 Å². The normalized spacial score (nSPS) is 44.5. The molecule has 0 radical (unpaired) electrons. The molecule has 3 heterocycles. The highest BCUT2D eigenvalue weighted by Gasteiger charge is 2.78. The number of anilines is 1. The van der Waals surface area contributed by atoms with Gasteiger partial charge in [-0.1, -0.05) is 26.3 Å². The number of methoxy groups -OCH3 is 1. The summed E-state index contributed by atoms with van der Waals surface area (Å²) in [5.74, 6) is 1.63. The maximum atomic E-state index is 13.1. The molecule has 1 aromatic carbocycles. The van der Waals surface area contributed by atoms with E-state index in [0.29, 0.717) is 12.0 Å². The van der Waals surface area contributed by atoms with E-state index in [1.165, 1.54) is 24.9 Å². The summed E-state index contributed by atoms with van der Waals surface area (Å²) in [4.78, 5) is 18.0. The third-order valence-electron chi connectivity index (χ3n) is 9.75. The Labute approximate surface area is 197 Å². The summed E-state index contributed by atoms with van der Waals surface area (Å²) in [5.41, 5.74) is 1.34. The molecule has 6 nitrogen and oxygen atoms in total. The summed E-state index contributed by atoms with van der Waals surface area (Å²) in [6.45, 7) is 10.7. The average Bonchev–Trinajstić information content (AvgIpc) is 3.48. The Morgan fingerprint density at radius 2 is 2.09 bits per heavy atom. The van der Waals surface area contributed by atoms with Crippen LogP contribution in [0.1, 0.15) is 46.5 Å². The Hall–Kier alpha value is -1.79. The van der Waals surface area contributed by atoms with Crippen LogP contribution in [0.4, 0.5) is 5.69 Å². The molecular formula is C27H38N2O4. The van der Waals surface area contributed by atoms with Crippen LogP contribution in [0.2, 0.25) is 0 Å². The first-order valence-corrected chi connectivity index (χ1v) is 12.9. The number of ether oxygens (including phenoxy) is 3. The lowest BCUT2D eigenvalue weighted by atomic mass is 9.53. The molecule has 6 heteroatoms. The molecule has 5 fully saturated rings. The topological polar surface area (TPSA) is 54.5 Å². The fourth-order valence-electron chi connectivity index (χ4n) is 8.09. The SMILES string of the molecule is COc1cccc(N2CCN(C[C@H]3C(=O)O[C@@H]4C[C@@]5(C)CCC[C@H](C)[C@@]56O[C@H]6[C@@H]43)C[C@H]2C)c1. The van der Waals surface area contributed by atoms with Gasteiger partial charge in [0, 0.05) is 55.3 Å². The minimum Gasteiger partial charge on any atom is -0.497 e. The van der Waals surface area contributed by atoms with E-state index in [-0.39, 0.29) is 41.0 Å². The molecule has 3 saturated heterocycles. The monoisotopic (exact) mass is 454 g/mol. The van der Waals surface area contributed by atoms with E-state index in [4.69, 9.17) is 14.2 Å². The smallest absolute Gasteiger partial charge is 0.311 e. The van der Waals surface area contributed by atoms with Gasteiger partial charge in [-0.15, -0.1) is 0 Å². The molecule has 3 aliphatic heterocycles. The van der Waals surface area contributed by atoms with Gasteiger partial charge in [0.1, 0.15) is 17.5 Å². The molecule has 2 saturated carbocycles. The predicted octanol–water partition coefficient (Wildman–Crippen LogP) is 3.73. The molecular weight excluding hydrogens is 416 g/mol. The van der Waals surface area contributed by atoms with Crippen molar-refractivity contribution >= 4 is 11.7 Å². The molecule has 1 aromatic rings. The Bertz CT molecular complexity index is 938. The number of carbonyl (C=O) groups excluding carboxylic acids is 1. The zero-order chi connectivity index (χ0) is 23.0.